The second-order valence-electron chi connectivity index (χ2n) is 7.22. The fraction of sp³-hybridized carbons (Fsp3) is 0.611. The van der Waals surface area contributed by atoms with E-state index in [4.69, 9.17) is 5.11 Å². The Morgan fingerprint density at radius 1 is 1.35 bits per heavy atom. The topological polar surface area (TPSA) is 64.0 Å². The van der Waals surface area contributed by atoms with Gasteiger partial charge in [0.1, 0.15) is 0 Å². The summed E-state index contributed by atoms with van der Waals surface area (Å²) in [5.74, 6) is -0.883. The van der Waals surface area contributed by atoms with Crippen LogP contribution in [0.15, 0.2) is 24.3 Å². The van der Waals surface area contributed by atoms with E-state index >= 15 is 0 Å². The highest BCUT2D eigenvalue weighted by molar-refractivity contribution is 5.87. The van der Waals surface area contributed by atoms with Crippen molar-refractivity contribution in [2.24, 2.45) is 5.41 Å². The minimum Gasteiger partial charge on any atom is -0.478 e. The zero-order valence-corrected chi connectivity index (χ0v) is 13.7. The van der Waals surface area contributed by atoms with Crippen molar-refractivity contribution >= 4 is 5.97 Å². The van der Waals surface area contributed by atoms with Gasteiger partial charge in [0.05, 0.1) is 11.7 Å². The summed E-state index contributed by atoms with van der Waals surface area (Å²) in [5.41, 5.74) is 1.34. The van der Waals surface area contributed by atoms with Gasteiger partial charge in [0.2, 0.25) is 0 Å². The van der Waals surface area contributed by atoms with Crippen molar-refractivity contribution < 1.29 is 15.0 Å². The fourth-order valence-electron chi connectivity index (χ4n) is 4.23. The third-order valence-electron chi connectivity index (χ3n) is 5.34. The lowest BCUT2D eigenvalue weighted by Crippen LogP contribution is -2.58. The van der Waals surface area contributed by atoms with E-state index in [0.29, 0.717) is 5.56 Å². The van der Waals surface area contributed by atoms with Crippen LogP contribution in [0.5, 0.6) is 0 Å². The summed E-state index contributed by atoms with van der Waals surface area (Å²) in [5, 5.41) is 19.7. The molecule has 2 aliphatic heterocycles. The van der Waals surface area contributed by atoms with Gasteiger partial charge in [-0.25, -0.2) is 4.79 Å². The average molecular weight is 318 g/mol. The minimum absolute atomic E-state index is 0.0321. The third kappa shape index (κ3) is 3.57. The fourth-order valence-corrected chi connectivity index (χ4v) is 4.23. The molecule has 0 aliphatic carbocycles. The molecule has 2 atom stereocenters. The molecule has 2 saturated heterocycles. The number of aromatic carboxylic acids is 1. The van der Waals surface area contributed by atoms with Gasteiger partial charge in [-0.15, -0.1) is 0 Å². The number of carboxylic acids is 1. The normalized spacial score (nSPS) is 29.7. The highest BCUT2D eigenvalue weighted by Gasteiger charge is 2.44. The van der Waals surface area contributed by atoms with E-state index in [0.717, 1.165) is 57.5 Å². The van der Waals surface area contributed by atoms with Gasteiger partial charge in [-0.1, -0.05) is 12.1 Å². The summed E-state index contributed by atoms with van der Waals surface area (Å²) >= 11 is 0. The maximum absolute atomic E-state index is 11.1. The van der Waals surface area contributed by atoms with E-state index in [1.807, 2.05) is 12.1 Å². The van der Waals surface area contributed by atoms with Crippen LogP contribution in [-0.2, 0) is 6.54 Å². The van der Waals surface area contributed by atoms with Crippen molar-refractivity contribution in [3.05, 3.63) is 35.4 Å². The number of aliphatic hydroxyl groups excluding tert-OH is 1. The molecule has 0 saturated carbocycles. The maximum Gasteiger partial charge on any atom is 0.335 e. The molecular weight excluding hydrogens is 292 g/mol. The standard InChI is InChI=1S/C18H26N2O3/c1-19-9-6-16(21)18(12-19)7-3-8-20(13-18)11-14-4-2-5-15(10-14)17(22)23/h2,4-5,10,16,21H,3,6-9,11-13H2,1H3,(H,22,23)/t16-,18-/m0/s1. The zero-order valence-electron chi connectivity index (χ0n) is 13.7. The van der Waals surface area contributed by atoms with Gasteiger partial charge in [-0.3, -0.25) is 4.90 Å². The Morgan fingerprint density at radius 3 is 2.96 bits per heavy atom. The van der Waals surface area contributed by atoms with Gasteiger partial charge in [0, 0.05) is 31.6 Å². The number of nitrogens with zero attached hydrogens (tertiary/aromatic N) is 2. The van der Waals surface area contributed by atoms with Crippen molar-refractivity contribution in [1.82, 2.24) is 9.80 Å². The summed E-state index contributed by atoms with van der Waals surface area (Å²) < 4.78 is 0. The van der Waals surface area contributed by atoms with Crippen molar-refractivity contribution in [2.75, 3.05) is 33.2 Å². The van der Waals surface area contributed by atoms with Crippen LogP contribution in [0.1, 0.15) is 35.2 Å². The number of aliphatic hydroxyl groups is 1. The zero-order chi connectivity index (χ0) is 16.4. The Kier molecular flexibility index (Phi) is 4.71. The van der Waals surface area contributed by atoms with Crippen LogP contribution in [0.4, 0.5) is 0 Å². The molecule has 23 heavy (non-hydrogen) atoms. The molecule has 2 fully saturated rings. The molecule has 2 heterocycles. The summed E-state index contributed by atoms with van der Waals surface area (Å²) in [6.07, 6.45) is 2.78. The molecule has 0 radical (unpaired) electrons. The molecule has 0 unspecified atom stereocenters. The van der Waals surface area contributed by atoms with E-state index in [1.54, 1.807) is 12.1 Å². The summed E-state index contributed by atoms with van der Waals surface area (Å²) in [4.78, 5) is 15.8. The smallest absolute Gasteiger partial charge is 0.335 e. The number of carboxylic acid groups (broad SMARTS) is 1. The first kappa shape index (κ1) is 16.4. The maximum atomic E-state index is 11.1. The molecule has 0 amide bonds. The summed E-state index contributed by atoms with van der Waals surface area (Å²) in [6.45, 7) is 4.55. The Labute approximate surface area is 137 Å². The number of benzene rings is 1. The van der Waals surface area contributed by atoms with Crippen molar-refractivity contribution in [1.29, 1.82) is 0 Å². The number of hydrogen-bond donors (Lipinski definition) is 2. The Bertz CT molecular complexity index is 577. The van der Waals surface area contributed by atoms with E-state index < -0.39 is 5.97 Å². The van der Waals surface area contributed by atoms with Gasteiger partial charge < -0.3 is 15.1 Å². The second-order valence-corrected chi connectivity index (χ2v) is 7.22. The van der Waals surface area contributed by atoms with Gasteiger partial charge in [0.15, 0.2) is 0 Å². The first-order chi connectivity index (χ1) is 11.0. The summed E-state index contributed by atoms with van der Waals surface area (Å²) in [6, 6.07) is 7.18. The third-order valence-corrected chi connectivity index (χ3v) is 5.34. The van der Waals surface area contributed by atoms with Crippen LogP contribution in [0.2, 0.25) is 0 Å². The molecule has 5 heteroatoms. The van der Waals surface area contributed by atoms with Crippen LogP contribution in [0, 0.1) is 5.41 Å². The van der Waals surface area contributed by atoms with Gasteiger partial charge >= 0.3 is 5.97 Å². The molecule has 0 aromatic heterocycles. The predicted molar refractivity (Wildman–Crippen MR) is 88.5 cm³/mol. The number of hydrogen-bond acceptors (Lipinski definition) is 4. The average Bonchev–Trinajstić information content (AvgIpc) is 2.52. The Balaban J connectivity index is 1.71. The van der Waals surface area contributed by atoms with Crippen LogP contribution >= 0.6 is 0 Å². The SMILES string of the molecule is CN1CC[C@H](O)[C@@]2(CCCN(Cc3cccc(C(=O)O)c3)C2)C1. The van der Waals surface area contributed by atoms with Crippen LogP contribution in [-0.4, -0.2) is 65.3 Å². The van der Waals surface area contributed by atoms with Gasteiger partial charge in [-0.2, -0.15) is 0 Å². The van der Waals surface area contributed by atoms with Crippen molar-refractivity contribution in [2.45, 2.75) is 31.9 Å². The summed E-state index contributed by atoms with van der Waals surface area (Å²) in [7, 11) is 2.13. The molecule has 2 aliphatic rings. The van der Waals surface area contributed by atoms with E-state index in [2.05, 4.69) is 16.8 Å². The monoisotopic (exact) mass is 318 g/mol. The quantitative estimate of drug-likeness (QED) is 0.887. The van der Waals surface area contributed by atoms with Crippen LogP contribution < -0.4 is 0 Å². The Hall–Kier alpha value is -1.43. The Morgan fingerprint density at radius 2 is 2.17 bits per heavy atom. The molecule has 126 valence electrons. The lowest BCUT2D eigenvalue weighted by molar-refractivity contribution is -0.0807. The molecule has 1 spiro atoms. The van der Waals surface area contributed by atoms with Crippen LogP contribution in [0.3, 0.4) is 0 Å². The van der Waals surface area contributed by atoms with Gasteiger partial charge in [0.25, 0.3) is 0 Å². The van der Waals surface area contributed by atoms with Crippen molar-refractivity contribution in [3.63, 3.8) is 0 Å². The first-order valence-corrected chi connectivity index (χ1v) is 8.40. The second kappa shape index (κ2) is 6.59. The molecule has 1 aromatic carbocycles. The van der Waals surface area contributed by atoms with Crippen LogP contribution in [0.25, 0.3) is 0 Å². The molecule has 0 bridgehead atoms. The lowest BCUT2D eigenvalue weighted by Gasteiger charge is -2.50. The number of carbonyl (C=O) groups is 1. The largest absolute Gasteiger partial charge is 0.478 e. The van der Waals surface area contributed by atoms with E-state index in [-0.39, 0.29) is 11.5 Å². The molecule has 3 rings (SSSR count). The number of likely N-dealkylation sites (tertiary alicyclic amines) is 2. The highest BCUT2D eigenvalue weighted by atomic mass is 16.4. The molecule has 2 N–H and O–H groups in total. The van der Waals surface area contributed by atoms with Crippen molar-refractivity contribution in [3.8, 4) is 0 Å². The first-order valence-electron chi connectivity index (χ1n) is 8.40. The van der Waals surface area contributed by atoms with Gasteiger partial charge in [-0.05, 0) is 50.6 Å². The number of piperidine rings is 2. The van der Waals surface area contributed by atoms with E-state index in [9.17, 15) is 9.90 Å². The predicted octanol–water partition coefficient (Wildman–Crippen LogP) is 1.66. The number of rotatable bonds is 3. The highest BCUT2D eigenvalue weighted by Crippen LogP contribution is 2.38. The molecular formula is C18H26N2O3. The molecule has 5 nitrogen and oxygen atoms in total. The van der Waals surface area contributed by atoms with E-state index in [1.165, 1.54) is 0 Å². The molecule has 1 aromatic rings. The minimum atomic E-state index is -0.883. The lowest BCUT2D eigenvalue weighted by atomic mass is 9.71.